The molecule has 168 valence electrons. The average Bonchev–Trinajstić information content (AvgIpc) is 3.30. The van der Waals surface area contributed by atoms with Gasteiger partial charge in [0.15, 0.2) is 0 Å². The van der Waals surface area contributed by atoms with Crippen molar-refractivity contribution in [2.75, 3.05) is 22.9 Å². The molecule has 3 aliphatic rings. The maximum Gasteiger partial charge on any atom is 0.262 e. The third-order valence-electron chi connectivity index (χ3n) is 7.49. The van der Waals surface area contributed by atoms with Crippen molar-refractivity contribution in [3.63, 3.8) is 0 Å². The molecule has 3 aromatic rings. The summed E-state index contributed by atoms with van der Waals surface area (Å²) in [5, 5.41) is 0.781. The zero-order valence-corrected chi connectivity index (χ0v) is 19.5. The highest BCUT2D eigenvalue weighted by Gasteiger charge is 2.46. The van der Waals surface area contributed by atoms with Crippen LogP contribution in [0.4, 0.5) is 11.6 Å². The number of halogens is 2. The lowest BCUT2D eigenvalue weighted by molar-refractivity contribution is 0.0996. The Hall–Kier alpha value is -2.67. The van der Waals surface area contributed by atoms with Gasteiger partial charge in [-0.05, 0) is 47.9 Å². The van der Waals surface area contributed by atoms with Crippen LogP contribution in [-0.4, -0.2) is 29.0 Å². The van der Waals surface area contributed by atoms with Crippen molar-refractivity contribution in [1.82, 2.24) is 9.97 Å². The van der Waals surface area contributed by atoms with Gasteiger partial charge in [-0.25, -0.2) is 9.97 Å². The van der Waals surface area contributed by atoms with Crippen LogP contribution in [0.2, 0.25) is 10.0 Å². The van der Waals surface area contributed by atoms with Gasteiger partial charge in [0, 0.05) is 25.3 Å². The number of carbonyl (C=O) groups excluding carboxylic acids is 1. The van der Waals surface area contributed by atoms with Crippen molar-refractivity contribution >= 4 is 40.7 Å². The number of piperidine rings is 1. The number of hydrogen-bond donors (Lipinski definition) is 1. The summed E-state index contributed by atoms with van der Waals surface area (Å²) in [5.41, 5.74) is 11.3. The molecular weight excluding hydrogens is 457 g/mol. The third-order valence-corrected chi connectivity index (χ3v) is 8.30. The SMILES string of the molecule is N[C@@H]1c2ccccc2CC12CCN(c1ncc3c(n1)CN(c1cccc(Cl)c1Cl)C3=O)CC2. The Morgan fingerprint density at radius 2 is 1.85 bits per heavy atom. The first-order valence-electron chi connectivity index (χ1n) is 11.2. The van der Waals surface area contributed by atoms with Crippen molar-refractivity contribution in [3.8, 4) is 0 Å². The number of anilines is 2. The minimum Gasteiger partial charge on any atom is -0.341 e. The van der Waals surface area contributed by atoms with E-state index in [1.807, 2.05) is 0 Å². The second kappa shape index (κ2) is 7.69. The van der Waals surface area contributed by atoms with Gasteiger partial charge in [-0.3, -0.25) is 4.79 Å². The average molecular weight is 480 g/mol. The van der Waals surface area contributed by atoms with Crippen molar-refractivity contribution < 1.29 is 4.79 Å². The monoisotopic (exact) mass is 479 g/mol. The minimum absolute atomic E-state index is 0.0745. The first-order valence-corrected chi connectivity index (χ1v) is 11.9. The highest BCUT2D eigenvalue weighted by molar-refractivity contribution is 6.44. The summed E-state index contributed by atoms with van der Waals surface area (Å²) in [5.74, 6) is 0.507. The maximum absolute atomic E-state index is 13.0. The molecule has 0 bridgehead atoms. The largest absolute Gasteiger partial charge is 0.341 e. The van der Waals surface area contributed by atoms with E-state index >= 15 is 0 Å². The predicted molar refractivity (Wildman–Crippen MR) is 130 cm³/mol. The van der Waals surface area contributed by atoms with Crippen LogP contribution >= 0.6 is 23.2 Å². The first kappa shape index (κ1) is 20.9. The summed E-state index contributed by atoms with van der Waals surface area (Å²) in [4.78, 5) is 26.1. The Morgan fingerprint density at radius 3 is 2.64 bits per heavy atom. The molecular formula is C25H23Cl2N5O. The molecule has 33 heavy (non-hydrogen) atoms. The number of nitrogens with two attached hydrogens (primary N) is 1. The molecule has 1 atom stereocenters. The second-order valence-corrected chi connectivity index (χ2v) is 9.98. The Morgan fingerprint density at radius 1 is 1.06 bits per heavy atom. The number of aromatic nitrogens is 2. The standard InChI is InChI=1S/C25H23Cl2N5O/c26-18-6-3-7-20(21(18)27)32-14-19-17(23(32)33)13-29-24(30-19)31-10-8-25(9-11-31)12-15-4-1-2-5-16(15)22(25)28/h1-7,13,22H,8-12,14,28H2/t22-/m1/s1. The number of benzene rings is 2. The fourth-order valence-electron chi connectivity index (χ4n) is 5.58. The van der Waals surface area contributed by atoms with E-state index in [0.717, 1.165) is 32.4 Å². The van der Waals surface area contributed by atoms with Gasteiger partial charge >= 0.3 is 0 Å². The van der Waals surface area contributed by atoms with Crippen LogP contribution in [0.25, 0.3) is 0 Å². The van der Waals surface area contributed by atoms with Gasteiger partial charge < -0.3 is 15.5 Å². The van der Waals surface area contributed by atoms with Gasteiger partial charge in [-0.1, -0.05) is 53.5 Å². The van der Waals surface area contributed by atoms with Crippen LogP contribution in [-0.2, 0) is 13.0 Å². The normalized spacial score (nSPS) is 20.9. The molecule has 2 aromatic carbocycles. The molecule has 1 amide bonds. The fraction of sp³-hybridized carbons (Fsp3) is 0.320. The van der Waals surface area contributed by atoms with Gasteiger partial charge in [0.1, 0.15) is 0 Å². The van der Waals surface area contributed by atoms with Crippen LogP contribution in [0, 0.1) is 5.41 Å². The third kappa shape index (κ3) is 3.23. The van der Waals surface area contributed by atoms with Gasteiger partial charge in [-0.2, -0.15) is 0 Å². The summed E-state index contributed by atoms with van der Waals surface area (Å²) >= 11 is 12.5. The number of carbonyl (C=O) groups is 1. The number of fused-ring (bicyclic) bond motifs is 2. The lowest BCUT2D eigenvalue weighted by Crippen LogP contribution is -2.45. The van der Waals surface area contributed by atoms with Crippen LogP contribution in [0.5, 0.6) is 0 Å². The lowest BCUT2D eigenvalue weighted by atomic mass is 9.73. The van der Waals surface area contributed by atoms with Crippen LogP contribution in [0.1, 0.15) is 46.1 Å². The van der Waals surface area contributed by atoms with E-state index in [0.29, 0.717) is 39.5 Å². The van der Waals surface area contributed by atoms with Crippen molar-refractivity contribution in [2.45, 2.75) is 31.8 Å². The Labute approximate surface area is 202 Å². The van der Waals surface area contributed by atoms with E-state index in [4.69, 9.17) is 33.9 Å². The summed E-state index contributed by atoms with van der Waals surface area (Å²) in [6, 6.07) is 13.9. The number of amides is 1. The summed E-state index contributed by atoms with van der Waals surface area (Å²) in [6.07, 6.45) is 4.66. The zero-order valence-electron chi connectivity index (χ0n) is 18.0. The number of rotatable bonds is 2. The maximum atomic E-state index is 13.0. The van der Waals surface area contributed by atoms with Crippen molar-refractivity contribution in [2.24, 2.45) is 11.1 Å². The number of hydrogen-bond acceptors (Lipinski definition) is 5. The Balaban J connectivity index is 1.21. The summed E-state index contributed by atoms with van der Waals surface area (Å²) in [6.45, 7) is 2.04. The molecule has 3 heterocycles. The molecule has 2 N–H and O–H groups in total. The molecule has 1 aliphatic carbocycles. The molecule has 8 heteroatoms. The molecule has 0 radical (unpaired) electrons. The smallest absolute Gasteiger partial charge is 0.262 e. The van der Waals surface area contributed by atoms with E-state index in [2.05, 4.69) is 34.1 Å². The van der Waals surface area contributed by atoms with E-state index in [-0.39, 0.29) is 17.4 Å². The number of nitrogens with zero attached hydrogens (tertiary/aromatic N) is 4. The summed E-state index contributed by atoms with van der Waals surface area (Å²) < 4.78 is 0. The lowest BCUT2D eigenvalue weighted by Gasteiger charge is -2.42. The second-order valence-electron chi connectivity index (χ2n) is 9.20. The molecule has 0 saturated carbocycles. The highest BCUT2D eigenvalue weighted by atomic mass is 35.5. The predicted octanol–water partition coefficient (Wildman–Crippen LogP) is 4.79. The summed E-state index contributed by atoms with van der Waals surface area (Å²) in [7, 11) is 0. The van der Waals surface area contributed by atoms with E-state index in [1.165, 1.54) is 11.1 Å². The van der Waals surface area contributed by atoms with Gasteiger partial charge in [-0.15, -0.1) is 0 Å². The van der Waals surface area contributed by atoms with Gasteiger partial charge in [0.25, 0.3) is 5.91 Å². The van der Waals surface area contributed by atoms with Crippen molar-refractivity contribution in [3.05, 3.63) is 81.1 Å². The quantitative estimate of drug-likeness (QED) is 0.571. The topological polar surface area (TPSA) is 75.3 Å². The molecule has 1 spiro atoms. The van der Waals surface area contributed by atoms with Gasteiger partial charge in [0.2, 0.25) is 5.95 Å². The fourth-order valence-corrected chi connectivity index (χ4v) is 5.98. The molecule has 6 rings (SSSR count). The molecule has 1 aromatic heterocycles. The van der Waals surface area contributed by atoms with E-state index < -0.39 is 0 Å². The molecule has 6 nitrogen and oxygen atoms in total. The Kier molecular flexibility index (Phi) is 4.87. The minimum atomic E-state index is -0.159. The highest BCUT2D eigenvalue weighted by Crippen LogP contribution is 2.50. The van der Waals surface area contributed by atoms with Crippen LogP contribution < -0.4 is 15.5 Å². The van der Waals surface area contributed by atoms with Gasteiger partial charge in [0.05, 0.1) is 33.5 Å². The Bertz CT molecular complexity index is 1270. The first-order chi connectivity index (χ1) is 16.0. The molecule has 0 unspecified atom stereocenters. The van der Waals surface area contributed by atoms with E-state index in [9.17, 15) is 4.79 Å². The van der Waals surface area contributed by atoms with E-state index in [1.54, 1.807) is 29.3 Å². The zero-order chi connectivity index (χ0) is 22.7. The van der Waals surface area contributed by atoms with Crippen LogP contribution in [0.3, 0.4) is 0 Å². The molecule has 2 aliphatic heterocycles. The molecule has 1 saturated heterocycles. The van der Waals surface area contributed by atoms with Crippen molar-refractivity contribution in [1.29, 1.82) is 0 Å². The molecule has 1 fully saturated rings. The van der Waals surface area contributed by atoms with Crippen LogP contribution in [0.15, 0.2) is 48.7 Å².